The van der Waals surface area contributed by atoms with Crippen LogP contribution in [0, 0.1) is 0 Å². The topological polar surface area (TPSA) is 59.9 Å². The van der Waals surface area contributed by atoms with Gasteiger partial charge in [-0.2, -0.15) is 0 Å². The number of nitrogens with zero attached hydrogens (tertiary/aromatic N) is 3. The van der Waals surface area contributed by atoms with Crippen LogP contribution in [0.25, 0.3) is 10.7 Å². The van der Waals surface area contributed by atoms with E-state index in [0.29, 0.717) is 11.8 Å². The molecule has 6 heteroatoms. The van der Waals surface area contributed by atoms with Gasteiger partial charge in [0.1, 0.15) is 17.0 Å². The summed E-state index contributed by atoms with van der Waals surface area (Å²) in [4.78, 5) is 14.2. The molecule has 2 aromatic rings. The minimum atomic E-state index is 0.400. The molecule has 5 nitrogen and oxygen atoms in total. The molecule has 0 amide bonds. The van der Waals surface area contributed by atoms with Crippen molar-refractivity contribution in [1.82, 2.24) is 20.3 Å². The second-order valence-corrected chi connectivity index (χ2v) is 5.54. The Hall–Kier alpha value is -1.53. The number of ether oxygens (including phenoxy) is 1. The lowest BCUT2D eigenvalue weighted by molar-refractivity contribution is 0.397. The quantitative estimate of drug-likeness (QED) is 0.910. The van der Waals surface area contributed by atoms with E-state index in [0.717, 1.165) is 22.9 Å². The van der Waals surface area contributed by atoms with Crippen LogP contribution in [-0.4, -0.2) is 29.1 Å². The van der Waals surface area contributed by atoms with Crippen LogP contribution in [-0.2, 0) is 6.54 Å². The molecule has 0 aliphatic carbocycles. The van der Waals surface area contributed by atoms with E-state index >= 15 is 0 Å². The van der Waals surface area contributed by atoms with Crippen LogP contribution in [0.2, 0.25) is 0 Å². The summed E-state index contributed by atoms with van der Waals surface area (Å²) in [5.74, 6) is 0.957. The Kier molecular flexibility index (Phi) is 4.44. The summed E-state index contributed by atoms with van der Waals surface area (Å²) in [5.41, 5.74) is 1.94. The summed E-state index contributed by atoms with van der Waals surface area (Å²) in [6, 6.07) is 1.81. The van der Waals surface area contributed by atoms with Crippen molar-refractivity contribution in [1.29, 1.82) is 0 Å². The van der Waals surface area contributed by atoms with Gasteiger partial charge in [-0.25, -0.2) is 15.0 Å². The molecule has 0 fully saturated rings. The molecule has 0 aliphatic rings. The average molecular weight is 278 g/mol. The Bertz CT molecular complexity index is 553. The Morgan fingerprint density at radius 3 is 2.79 bits per heavy atom. The number of rotatable bonds is 5. The smallest absolute Gasteiger partial charge is 0.216 e. The molecule has 0 bridgehead atoms. The molecule has 0 atom stereocenters. The van der Waals surface area contributed by atoms with Gasteiger partial charge >= 0.3 is 0 Å². The van der Waals surface area contributed by atoms with Gasteiger partial charge in [0.2, 0.25) is 5.88 Å². The van der Waals surface area contributed by atoms with Gasteiger partial charge in [0, 0.05) is 17.5 Å². The maximum absolute atomic E-state index is 5.12. The van der Waals surface area contributed by atoms with E-state index in [4.69, 9.17) is 9.72 Å². The number of aromatic nitrogens is 3. The lowest BCUT2D eigenvalue weighted by atomic mass is 10.1. The van der Waals surface area contributed by atoms with Crippen LogP contribution < -0.4 is 10.1 Å². The van der Waals surface area contributed by atoms with Crippen LogP contribution in [0.4, 0.5) is 0 Å². The Labute approximate surface area is 117 Å². The van der Waals surface area contributed by atoms with Crippen molar-refractivity contribution in [2.75, 3.05) is 14.2 Å². The zero-order valence-corrected chi connectivity index (χ0v) is 12.4. The SMILES string of the molecule is CNCc1sc(-c2cc(OC)ncn2)nc1C(C)C. The van der Waals surface area contributed by atoms with Gasteiger partial charge in [-0.05, 0) is 13.0 Å². The highest BCUT2D eigenvalue weighted by Gasteiger charge is 2.16. The molecule has 0 saturated carbocycles. The van der Waals surface area contributed by atoms with Gasteiger partial charge < -0.3 is 10.1 Å². The summed E-state index contributed by atoms with van der Waals surface area (Å²) < 4.78 is 5.12. The first kappa shape index (κ1) is 13.9. The molecule has 1 N–H and O–H groups in total. The van der Waals surface area contributed by atoms with E-state index in [1.165, 1.54) is 11.2 Å². The Morgan fingerprint density at radius 2 is 2.16 bits per heavy atom. The zero-order valence-electron chi connectivity index (χ0n) is 11.6. The number of hydrogen-bond donors (Lipinski definition) is 1. The average Bonchev–Trinajstić information content (AvgIpc) is 2.83. The van der Waals surface area contributed by atoms with E-state index in [1.807, 2.05) is 13.1 Å². The predicted molar refractivity (Wildman–Crippen MR) is 76.5 cm³/mol. The third kappa shape index (κ3) is 3.08. The van der Waals surface area contributed by atoms with Crippen molar-refractivity contribution in [3.8, 4) is 16.6 Å². The number of methoxy groups -OCH3 is 1. The van der Waals surface area contributed by atoms with Crippen LogP contribution in [0.15, 0.2) is 12.4 Å². The number of hydrogen-bond acceptors (Lipinski definition) is 6. The maximum atomic E-state index is 5.12. The molecular weight excluding hydrogens is 260 g/mol. The van der Waals surface area contributed by atoms with Crippen LogP contribution in [0.5, 0.6) is 5.88 Å². The number of nitrogens with one attached hydrogen (secondary N) is 1. The largest absolute Gasteiger partial charge is 0.481 e. The van der Waals surface area contributed by atoms with E-state index in [9.17, 15) is 0 Å². The van der Waals surface area contributed by atoms with Gasteiger partial charge in [-0.1, -0.05) is 13.8 Å². The molecule has 19 heavy (non-hydrogen) atoms. The Morgan fingerprint density at radius 1 is 1.37 bits per heavy atom. The fourth-order valence-corrected chi connectivity index (χ4v) is 2.98. The molecule has 0 aliphatic heterocycles. The second kappa shape index (κ2) is 6.08. The van der Waals surface area contributed by atoms with E-state index in [2.05, 4.69) is 29.1 Å². The van der Waals surface area contributed by atoms with Crippen molar-refractivity contribution < 1.29 is 4.74 Å². The molecule has 0 aromatic carbocycles. The molecule has 2 heterocycles. The molecule has 0 unspecified atom stereocenters. The Balaban J connectivity index is 2.41. The summed E-state index contributed by atoms with van der Waals surface area (Å²) in [5, 5.41) is 4.09. The van der Waals surface area contributed by atoms with Gasteiger partial charge in [0.15, 0.2) is 0 Å². The van der Waals surface area contributed by atoms with Crippen molar-refractivity contribution in [2.24, 2.45) is 0 Å². The van der Waals surface area contributed by atoms with Crippen molar-refractivity contribution in [2.45, 2.75) is 26.3 Å². The third-order valence-electron chi connectivity index (χ3n) is 2.68. The minimum absolute atomic E-state index is 0.400. The zero-order chi connectivity index (χ0) is 13.8. The van der Waals surface area contributed by atoms with Crippen molar-refractivity contribution in [3.05, 3.63) is 23.0 Å². The first-order valence-electron chi connectivity index (χ1n) is 6.16. The number of thiazole rings is 1. The van der Waals surface area contributed by atoms with Crippen molar-refractivity contribution in [3.63, 3.8) is 0 Å². The summed E-state index contributed by atoms with van der Waals surface area (Å²) in [7, 11) is 3.54. The van der Waals surface area contributed by atoms with Gasteiger partial charge in [0.05, 0.1) is 12.8 Å². The highest BCUT2D eigenvalue weighted by atomic mass is 32.1. The summed E-state index contributed by atoms with van der Waals surface area (Å²) in [6.45, 7) is 5.13. The van der Waals surface area contributed by atoms with Gasteiger partial charge in [0.25, 0.3) is 0 Å². The standard InChI is InChI=1S/C13H18N4OS/c1-8(2)12-10(6-14-3)19-13(17-12)9-5-11(18-4)16-7-15-9/h5,7-8,14H,6H2,1-4H3. The van der Waals surface area contributed by atoms with E-state index in [1.54, 1.807) is 18.4 Å². The van der Waals surface area contributed by atoms with Crippen LogP contribution >= 0.6 is 11.3 Å². The highest BCUT2D eigenvalue weighted by molar-refractivity contribution is 7.15. The molecule has 2 aromatic heterocycles. The molecule has 0 saturated heterocycles. The van der Waals surface area contributed by atoms with Gasteiger partial charge in [-0.3, -0.25) is 0 Å². The monoisotopic (exact) mass is 278 g/mol. The van der Waals surface area contributed by atoms with E-state index in [-0.39, 0.29) is 0 Å². The predicted octanol–water partition coefficient (Wildman–Crippen LogP) is 2.45. The van der Waals surface area contributed by atoms with Crippen molar-refractivity contribution >= 4 is 11.3 Å². The molecule has 102 valence electrons. The summed E-state index contributed by atoms with van der Waals surface area (Å²) >= 11 is 1.67. The first-order chi connectivity index (χ1) is 9.15. The molecule has 0 radical (unpaired) electrons. The molecule has 2 rings (SSSR count). The fraction of sp³-hybridized carbons (Fsp3) is 0.462. The van der Waals surface area contributed by atoms with Crippen LogP contribution in [0.3, 0.4) is 0 Å². The molecule has 0 spiro atoms. The minimum Gasteiger partial charge on any atom is -0.481 e. The molecular formula is C13H18N4OS. The normalized spacial score (nSPS) is 11.0. The third-order valence-corrected chi connectivity index (χ3v) is 3.78. The fourth-order valence-electron chi connectivity index (χ4n) is 1.78. The maximum Gasteiger partial charge on any atom is 0.216 e. The summed E-state index contributed by atoms with van der Waals surface area (Å²) in [6.07, 6.45) is 1.50. The van der Waals surface area contributed by atoms with Crippen LogP contribution in [0.1, 0.15) is 30.3 Å². The van der Waals surface area contributed by atoms with E-state index < -0.39 is 0 Å². The van der Waals surface area contributed by atoms with Gasteiger partial charge in [-0.15, -0.1) is 11.3 Å². The lowest BCUT2D eigenvalue weighted by Crippen LogP contribution is -2.06. The first-order valence-corrected chi connectivity index (χ1v) is 6.98. The second-order valence-electron chi connectivity index (χ2n) is 4.46. The highest BCUT2D eigenvalue weighted by Crippen LogP contribution is 2.31. The lowest BCUT2D eigenvalue weighted by Gasteiger charge is -2.03.